The lowest BCUT2D eigenvalue weighted by Crippen LogP contribution is -2.03. The molecule has 0 N–H and O–H groups in total. The molecular weight excluding hydrogens is 256 g/mol. The average molecular weight is 273 g/mol. The van der Waals surface area contributed by atoms with E-state index in [4.69, 9.17) is 9.47 Å². The molecule has 0 aliphatic heterocycles. The van der Waals surface area contributed by atoms with Crippen molar-refractivity contribution in [3.63, 3.8) is 0 Å². The molecular formula is C12H17BrO2. The quantitative estimate of drug-likeness (QED) is 0.706. The smallest absolute Gasteiger partial charge is 0.119 e. The van der Waals surface area contributed by atoms with Crippen molar-refractivity contribution in [1.29, 1.82) is 0 Å². The normalized spacial score (nSPS) is 10.3. The number of hydrogen-bond donors (Lipinski definition) is 0. The van der Waals surface area contributed by atoms with E-state index in [9.17, 15) is 0 Å². The standard InChI is InChI=1S/C12H17BrO2/c1-2-8-14-9-3-10-15-12-6-4-11(13)5-7-12/h4-7H,2-3,8-10H2,1H3. The van der Waals surface area contributed by atoms with Crippen LogP contribution in [-0.4, -0.2) is 19.8 Å². The van der Waals surface area contributed by atoms with Gasteiger partial charge in [0, 0.05) is 24.1 Å². The lowest BCUT2D eigenvalue weighted by molar-refractivity contribution is 0.120. The Labute approximate surface area is 99.7 Å². The molecule has 0 saturated carbocycles. The first kappa shape index (κ1) is 12.5. The molecule has 15 heavy (non-hydrogen) atoms. The summed E-state index contributed by atoms with van der Waals surface area (Å²) in [5.74, 6) is 0.911. The number of ether oxygens (including phenoxy) is 2. The van der Waals surface area contributed by atoms with Crippen molar-refractivity contribution in [2.45, 2.75) is 19.8 Å². The van der Waals surface area contributed by atoms with Crippen molar-refractivity contribution in [3.05, 3.63) is 28.7 Å². The van der Waals surface area contributed by atoms with Crippen molar-refractivity contribution < 1.29 is 9.47 Å². The third-order valence-corrected chi connectivity index (χ3v) is 2.39. The molecule has 0 radical (unpaired) electrons. The Morgan fingerprint density at radius 1 is 1.07 bits per heavy atom. The van der Waals surface area contributed by atoms with Gasteiger partial charge in [-0.2, -0.15) is 0 Å². The fraction of sp³-hybridized carbons (Fsp3) is 0.500. The Bertz CT molecular complexity index is 259. The Kier molecular flexibility index (Phi) is 6.44. The lowest BCUT2D eigenvalue weighted by Gasteiger charge is -2.06. The highest BCUT2D eigenvalue weighted by atomic mass is 79.9. The molecule has 0 fully saturated rings. The van der Waals surface area contributed by atoms with Crippen LogP contribution in [0.3, 0.4) is 0 Å². The van der Waals surface area contributed by atoms with Gasteiger partial charge in [-0.3, -0.25) is 0 Å². The first-order valence-corrected chi connectivity index (χ1v) is 6.08. The van der Waals surface area contributed by atoms with E-state index in [1.807, 2.05) is 24.3 Å². The van der Waals surface area contributed by atoms with Gasteiger partial charge in [-0.25, -0.2) is 0 Å². The van der Waals surface area contributed by atoms with Crippen molar-refractivity contribution >= 4 is 15.9 Å². The predicted molar refractivity (Wildman–Crippen MR) is 65.4 cm³/mol. The van der Waals surface area contributed by atoms with Crippen molar-refractivity contribution in [3.8, 4) is 5.75 Å². The molecule has 0 aromatic heterocycles. The van der Waals surface area contributed by atoms with Gasteiger partial charge in [0.2, 0.25) is 0 Å². The van der Waals surface area contributed by atoms with Gasteiger partial charge in [0.15, 0.2) is 0 Å². The number of hydrogen-bond acceptors (Lipinski definition) is 2. The molecule has 1 rings (SSSR count). The van der Waals surface area contributed by atoms with Crippen LogP contribution in [0.15, 0.2) is 28.7 Å². The molecule has 0 aliphatic carbocycles. The molecule has 0 atom stereocenters. The first-order valence-electron chi connectivity index (χ1n) is 5.29. The second-order valence-electron chi connectivity index (χ2n) is 3.27. The van der Waals surface area contributed by atoms with E-state index in [0.29, 0.717) is 6.61 Å². The van der Waals surface area contributed by atoms with Crippen LogP contribution in [0.5, 0.6) is 5.75 Å². The van der Waals surface area contributed by atoms with Crippen LogP contribution in [0.25, 0.3) is 0 Å². The van der Waals surface area contributed by atoms with E-state index in [1.165, 1.54) is 0 Å². The molecule has 0 aliphatic rings. The summed E-state index contributed by atoms with van der Waals surface area (Å²) in [5.41, 5.74) is 0. The highest BCUT2D eigenvalue weighted by Crippen LogP contribution is 2.15. The summed E-state index contributed by atoms with van der Waals surface area (Å²) in [4.78, 5) is 0. The van der Waals surface area contributed by atoms with E-state index < -0.39 is 0 Å². The molecule has 3 heteroatoms. The minimum absolute atomic E-state index is 0.714. The summed E-state index contributed by atoms with van der Waals surface area (Å²) in [7, 11) is 0. The fourth-order valence-corrected chi connectivity index (χ4v) is 1.39. The van der Waals surface area contributed by atoms with Gasteiger partial charge in [0.1, 0.15) is 5.75 Å². The van der Waals surface area contributed by atoms with Gasteiger partial charge in [-0.1, -0.05) is 22.9 Å². The Hall–Kier alpha value is -0.540. The lowest BCUT2D eigenvalue weighted by atomic mass is 10.3. The van der Waals surface area contributed by atoms with Crippen LogP contribution >= 0.6 is 15.9 Å². The summed E-state index contributed by atoms with van der Waals surface area (Å²) < 4.78 is 12.0. The van der Waals surface area contributed by atoms with E-state index in [1.54, 1.807) is 0 Å². The molecule has 0 amide bonds. The monoisotopic (exact) mass is 272 g/mol. The second kappa shape index (κ2) is 7.71. The zero-order chi connectivity index (χ0) is 10.9. The minimum atomic E-state index is 0.714. The largest absolute Gasteiger partial charge is 0.494 e. The number of rotatable bonds is 7. The topological polar surface area (TPSA) is 18.5 Å². The van der Waals surface area contributed by atoms with Crippen LogP contribution in [0.2, 0.25) is 0 Å². The van der Waals surface area contributed by atoms with E-state index in [2.05, 4.69) is 22.9 Å². The third-order valence-electron chi connectivity index (χ3n) is 1.86. The van der Waals surface area contributed by atoms with Crippen molar-refractivity contribution in [2.75, 3.05) is 19.8 Å². The summed E-state index contributed by atoms with van der Waals surface area (Å²) in [6.07, 6.45) is 2.02. The molecule has 84 valence electrons. The number of halogens is 1. The van der Waals surface area contributed by atoms with Gasteiger partial charge in [0.05, 0.1) is 6.61 Å². The van der Waals surface area contributed by atoms with E-state index in [-0.39, 0.29) is 0 Å². The van der Waals surface area contributed by atoms with E-state index >= 15 is 0 Å². The Morgan fingerprint density at radius 3 is 2.47 bits per heavy atom. The molecule has 0 bridgehead atoms. The molecule has 2 nitrogen and oxygen atoms in total. The molecule has 0 heterocycles. The molecule has 1 aromatic rings. The number of benzene rings is 1. The van der Waals surface area contributed by atoms with Crippen LogP contribution in [0.1, 0.15) is 19.8 Å². The van der Waals surface area contributed by atoms with E-state index in [0.717, 1.165) is 36.3 Å². The Morgan fingerprint density at radius 2 is 1.80 bits per heavy atom. The van der Waals surface area contributed by atoms with Gasteiger partial charge >= 0.3 is 0 Å². The second-order valence-corrected chi connectivity index (χ2v) is 4.18. The Balaban J connectivity index is 2.07. The van der Waals surface area contributed by atoms with Crippen LogP contribution in [0, 0.1) is 0 Å². The predicted octanol–water partition coefficient (Wildman–Crippen LogP) is 3.64. The maximum atomic E-state index is 5.54. The molecule has 0 spiro atoms. The zero-order valence-corrected chi connectivity index (χ0v) is 10.6. The van der Waals surface area contributed by atoms with Crippen LogP contribution < -0.4 is 4.74 Å². The van der Waals surface area contributed by atoms with Gasteiger partial charge in [-0.05, 0) is 30.7 Å². The summed E-state index contributed by atoms with van der Waals surface area (Å²) >= 11 is 3.38. The van der Waals surface area contributed by atoms with Crippen LogP contribution in [-0.2, 0) is 4.74 Å². The van der Waals surface area contributed by atoms with Gasteiger partial charge in [-0.15, -0.1) is 0 Å². The summed E-state index contributed by atoms with van der Waals surface area (Å²) in [6, 6.07) is 7.86. The van der Waals surface area contributed by atoms with Gasteiger partial charge < -0.3 is 9.47 Å². The fourth-order valence-electron chi connectivity index (χ4n) is 1.13. The maximum absolute atomic E-state index is 5.54. The SMILES string of the molecule is CCCOCCCOc1ccc(Br)cc1. The van der Waals surface area contributed by atoms with Crippen molar-refractivity contribution in [1.82, 2.24) is 0 Å². The maximum Gasteiger partial charge on any atom is 0.119 e. The van der Waals surface area contributed by atoms with Gasteiger partial charge in [0.25, 0.3) is 0 Å². The van der Waals surface area contributed by atoms with Crippen LogP contribution in [0.4, 0.5) is 0 Å². The van der Waals surface area contributed by atoms with Crippen molar-refractivity contribution in [2.24, 2.45) is 0 Å². The third kappa shape index (κ3) is 5.80. The highest BCUT2D eigenvalue weighted by Gasteiger charge is 1.93. The summed E-state index contributed by atoms with van der Waals surface area (Å²) in [6.45, 7) is 4.45. The molecule has 1 aromatic carbocycles. The zero-order valence-electron chi connectivity index (χ0n) is 9.04. The average Bonchev–Trinajstić information content (AvgIpc) is 2.26. The minimum Gasteiger partial charge on any atom is -0.494 e. The molecule has 0 saturated heterocycles. The first-order chi connectivity index (χ1) is 7.33. The summed E-state index contributed by atoms with van der Waals surface area (Å²) in [5, 5.41) is 0. The highest BCUT2D eigenvalue weighted by molar-refractivity contribution is 9.10. The molecule has 0 unspecified atom stereocenters.